The lowest BCUT2D eigenvalue weighted by molar-refractivity contribution is -0.334. The number of unbranched alkanes of at least 4 members (excludes halogenated alkanes) is 1. The molecule has 11 bridgehead atoms. The van der Waals surface area contributed by atoms with Crippen LogP contribution in [0.25, 0.3) is 22.3 Å². The molecule has 8 aliphatic heterocycles. The number of carboxylic acids is 1. The van der Waals surface area contributed by atoms with E-state index in [1.807, 2.05) is 59.0 Å². The third-order valence-corrected chi connectivity index (χ3v) is 27.7. The molecule has 0 saturated carbocycles. The molecule has 3 fully saturated rings. The summed E-state index contributed by atoms with van der Waals surface area (Å²) in [6.07, 6.45) is -20.0. The second kappa shape index (κ2) is 48.1. The van der Waals surface area contributed by atoms with Crippen LogP contribution in [0, 0.1) is 9.49 Å². The van der Waals surface area contributed by atoms with Gasteiger partial charge in [0.1, 0.15) is 89.8 Å². The number of nitrogens with one attached hydrogen (secondary N) is 10. The van der Waals surface area contributed by atoms with Gasteiger partial charge < -0.3 is 159 Å². The number of nitrogens with zero attached hydrogens (tertiary/aromatic N) is 1. The van der Waals surface area contributed by atoms with Crippen molar-refractivity contribution in [2.45, 2.75) is 233 Å². The first-order valence-electron chi connectivity index (χ1n) is 46.8. The van der Waals surface area contributed by atoms with E-state index < -0.39 is 255 Å². The maximum absolute atomic E-state index is 16.8. The molecule has 22 atom stereocenters. The largest absolute Gasteiger partial charge is 0.508 e. The molecule has 8 heterocycles. The molecule has 0 radical (unpaired) electrons. The fourth-order valence-corrected chi connectivity index (χ4v) is 19.2. The Bertz CT molecular complexity index is 5710. The molecule has 44 heteroatoms. The number of primary amides is 1. The highest BCUT2D eigenvalue weighted by Crippen LogP contribution is 2.51. The fraction of sp³-hybridized carbons (Fsp3) is 0.480. The number of carbonyl (C=O) groups excluding carboxylic acids is 8. The number of aliphatic hydroxyl groups excluding tert-OH is 6. The Morgan fingerprint density at radius 3 is 1.84 bits per heavy atom. The normalized spacial score (nSPS) is 27.6. The fourth-order valence-electron chi connectivity index (χ4n) is 18.0. The van der Waals surface area contributed by atoms with Crippen molar-refractivity contribution in [1.29, 1.82) is 0 Å². The molecule has 8 aliphatic rings. The molecular formula is C98H122Cl3IN14O26. The van der Waals surface area contributed by atoms with Crippen LogP contribution in [-0.4, -0.2) is 267 Å². The van der Waals surface area contributed by atoms with E-state index >= 15 is 28.8 Å². The van der Waals surface area contributed by atoms with Crippen molar-refractivity contribution in [3.63, 3.8) is 0 Å². The van der Waals surface area contributed by atoms with Crippen LogP contribution in [0.3, 0.4) is 0 Å². The Morgan fingerprint density at radius 2 is 1.22 bits per heavy atom. The third kappa shape index (κ3) is 26.3. The standard InChI is InChI=1S/C98H122Cl3IN14O26/c1-46(2)32-64(116(7)72(121)44-108-31-11-30-107-28-9-8-27-106-29-10-26-103)90(128)114-79-81(122)53-19-24-66(60(100)34-53)137-68-36-55-37-69(85(68)142-96-86(83(124)82(123)70(45-117)139-96)141-74-42-98(6,88(126)48(4)136-74)109-43-49-12-14-50(15-13-49)51-16-21-56(99)22-17-51)138-67-25-20-54(35-61(67)101)84(140-73-41-97(5,105)87(125)47(3)135-73)80-94(132)113-78(95(133)134)59-38-57(118)39-65(119)75(59)58-33-52(18-23-62(58)102)76(91(129)115-80)112-92(130)77(55)111-89(127)63(40-71(104)120)110-93(79)131/h12-25,33-39,46-48,63-64,70,73-74,76-84,86-88,96,106-109,117-119,122-126H,8-11,26-32,40-45,103,105H2,1-7H3,(H2,104,120)(H,110,131)(H,111,127)(H,112,130)(H,113,132)(H,114,128)(H,115,129)(H,133,134)/t47-,48-,63-,64+,70+,73-,74-,76+,77+,78+,79+,80-,81+,82+,83-,84+,86+,87-,88-,96-,97-,98-/m0/s1. The molecule has 0 spiro atoms. The smallest absolute Gasteiger partial charge is 0.330 e. The molecule has 25 N–H and O–H groups in total. The monoisotopic (exact) mass is 2140 g/mol. The van der Waals surface area contributed by atoms with Crippen LogP contribution >= 0.6 is 57.4 Å². The molecule has 40 nitrogen and oxygen atoms in total. The van der Waals surface area contributed by atoms with Crippen molar-refractivity contribution in [2.24, 2.45) is 23.1 Å². The minimum absolute atomic E-state index is 0.0202. The average Bonchev–Trinajstić information content (AvgIpc) is 0.759. The number of phenols is 2. The number of amides is 8. The maximum Gasteiger partial charge on any atom is 0.330 e. The third-order valence-electron chi connectivity index (χ3n) is 25.9. The molecular weight excluding hydrogens is 2020 g/mol. The van der Waals surface area contributed by atoms with E-state index in [1.165, 1.54) is 74.3 Å². The Kier molecular flexibility index (Phi) is 36.9. The van der Waals surface area contributed by atoms with Gasteiger partial charge in [0.15, 0.2) is 36.2 Å². The topological polar surface area (TPSA) is 611 Å². The van der Waals surface area contributed by atoms with Crippen LogP contribution in [0.15, 0.2) is 127 Å². The molecule has 15 rings (SSSR count). The van der Waals surface area contributed by atoms with Gasteiger partial charge in [0, 0.05) is 63.3 Å². The summed E-state index contributed by atoms with van der Waals surface area (Å²) in [4.78, 5) is 139. The van der Waals surface area contributed by atoms with E-state index in [0.717, 1.165) is 85.9 Å². The molecule has 8 amide bonds. The second-order valence-corrected chi connectivity index (χ2v) is 39.7. The molecule has 7 aromatic rings. The number of rotatable bonds is 33. The minimum Gasteiger partial charge on any atom is -0.508 e. The van der Waals surface area contributed by atoms with Crippen molar-refractivity contribution < 1.29 is 127 Å². The molecule has 768 valence electrons. The van der Waals surface area contributed by atoms with Gasteiger partial charge >= 0.3 is 5.97 Å². The predicted octanol–water partition coefficient (Wildman–Crippen LogP) is 4.92. The van der Waals surface area contributed by atoms with Crippen LogP contribution in [-0.2, 0) is 73.4 Å². The van der Waals surface area contributed by atoms with Crippen molar-refractivity contribution in [1.82, 2.24) is 58.1 Å². The van der Waals surface area contributed by atoms with Gasteiger partial charge in [-0.25, -0.2) is 4.79 Å². The average molecular weight is 2150 g/mol. The number of ether oxygens (including phenoxy) is 8. The number of aromatic hydroxyl groups is 2. The van der Waals surface area contributed by atoms with Gasteiger partial charge in [-0.05, 0) is 239 Å². The zero-order valence-corrected chi connectivity index (χ0v) is 83.4. The number of benzene rings is 7. The van der Waals surface area contributed by atoms with E-state index in [1.54, 1.807) is 39.8 Å². The number of carboxylic acid groups (broad SMARTS) is 1. The number of hydrogen-bond donors (Lipinski definition) is 22. The number of phenolic OH excluding ortho intramolecular Hbond substituents is 2. The minimum atomic E-state index is -2.40. The highest BCUT2D eigenvalue weighted by atomic mass is 127. The maximum atomic E-state index is 16.8. The van der Waals surface area contributed by atoms with Gasteiger partial charge in [-0.2, -0.15) is 0 Å². The number of likely N-dealkylation sites (N-methyl/N-ethyl adjacent to an activating group) is 1. The first-order chi connectivity index (χ1) is 67.5. The molecule has 3 saturated heterocycles. The number of nitrogens with two attached hydrogens (primary N) is 3. The summed E-state index contributed by atoms with van der Waals surface area (Å²) < 4.78 is 53.6. The number of fused-ring (bicyclic) bond motifs is 15. The Labute approximate surface area is 847 Å². The molecule has 0 aromatic heterocycles. The summed E-state index contributed by atoms with van der Waals surface area (Å²) in [7, 11) is 1.38. The van der Waals surface area contributed by atoms with E-state index in [0.29, 0.717) is 31.1 Å². The summed E-state index contributed by atoms with van der Waals surface area (Å²) in [5.74, 6) is -16.0. The number of halogens is 4. The Balaban J connectivity index is 0.960. The summed E-state index contributed by atoms with van der Waals surface area (Å²) in [5.41, 5.74) is 16.2. The van der Waals surface area contributed by atoms with E-state index in [-0.39, 0.29) is 75.4 Å². The lowest BCUT2D eigenvalue weighted by Gasteiger charge is -2.48. The van der Waals surface area contributed by atoms with Gasteiger partial charge in [-0.15, -0.1) is 0 Å². The first kappa shape index (κ1) is 109. The Hall–Kier alpha value is -10.3. The summed E-state index contributed by atoms with van der Waals surface area (Å²) >= 11 is 22.9. The van der Waals surface area contributed by atoms with Crippen LogP contribution < -0.4 is 84.6 Å². The highest BCUT2D eigenvalue weighted by molar-refractivity contribution is 14.1. The zero-order valence-electron chi connectivity index (χ0n) is 78.9. The van der Waals surface area contributed by atoms with Gasteiger partial charge in [-0.3, -0.25) is 38.4 Å². The molecule has 7 aromatic carbocycles. The summed E-state index contributed by atoms with van der Waals surface area (Å²) in [6, 6.07) is 15.3. The van der Waals surface area contributed by atoms with Crippen molar-refractivity contribution in [3.05, 3.63) is 179 Å². The number of carbonyl (C=O) groups is 9. The number of aliphatic carboxylic acids is 1. The second-order valence-electron chi connectivity index (χ2n) is 37.2. The van der Waals surface area contributed by atoms with Crippen molar-refractivity contribution in [3.8, 4) is 62.5 Å². The first-order valence-corrected chi connectivity index (χ1v) is 49.0. The lowest BCUT2D eigenvalue weighted by atomic mass is 9.84. The molecule has 142 heavy (non-hydrogen) atoms. The molecule has 0 aliphatic carbocycles. The SMILES string of the molecule is CC(C)C[C@H](C(=O)N[C@H]1C(=O)N[C@@H](CC(N)=O)C(=O)N[C@H]2C(=O)N[C@H]3C(=O)N[C@H](C(=O)N[C@@H](C(=O)O)c4cc(O)cc(O)c4-c4cc3ccc4I)[C@H](O[C@H]3C[C@](C)(N)[C@@H](O)[C@H](C)O3)c3ccc(c(Cl)c3)Oc3cc2cc(c3O[C@@H]2O[C@H](CO)[C@@H](O)[C@H](O)[C@H]2O[C@H]2C[C@](C)(NCc3ccc(-c4ccc(Cl)cc4)cc3)[C@@H](O)[C@H](C)O2)Oc2ccc(cc2Cl)[C@H]1O)N(C)C(=O)CNCCCNCCCCNCCCN. The number of aliphatic hydroxyl groups is 6. The summed E-state index contributed by atoms with van der Waals surface area (Å²) in [6.45, 7) is 12.9. The van der Waals surface area contributed by atoms with Gasteiger partial charge in [0.05, 0.1) is 54.0 Å². The van der Waals surface area contributed by atoms with Crippen molar-refractivity contribution >= 4 is 111 Å². The van der Waals surface area contributed by atoms with Gasteiger partial charge in [-0.1, -0.05) is 103 Å². The molecule has 0 unspecified atom stereocenters. The van der Waals surface area contributed by atoms with E-state index in [2.05, 4.69) is 53.2 Å². The van der Waals surface area contributed by atoms with Gasteiger partial charge in [0.2, 0.25) is 59.3 Å². The van der Waals surface area contributed by atoms with Crippen LogP contribution in [0.1, 0.15) is 157 Å². The van der Waals surface area contributed by atoms with Gasteiger partial charge in [0.25, 0.3) is 0 Å². The van der Waals surface area contributed by atoms with Crippen molar-refractivity contribution in [2.75, 3.05) is 59.5 Å². The zero-order chi connectivity index (χ0) is 103. The quantitative estimate of drug-likeness (QED) is 0.0192. The van der Waals surface area contributed by atoms with Crippen LogP contribution in [0.2, 0.25) is 15.1 Å². The van der Waals surface area contributed by atoms with Crippen LogP contribution in [0.5, 0.6) is 40.2 Å². The lowest BCUT2D eigenvalue weighted by Crippen LogP contribution is -2.65. The van der Waals surface area contributed by atoms with E-state index in [9.17, 15) is 60.3 Å². The highest BCUT2D eigenvalue weighted by Gasteiger charge is 2.54. The van der Waals surface area contributed by atoms with Crippen LogP contribution in [0.4, 0.5) is 0 Å². The Morgan fingerprint density at radius 1 is 0.634 bits per heavy atom. The predicted molar refractivity (Wildman–Crippen MR) is 526 cm³/mol. The summed E-state index contributed by atoms with van der Waals surface area (Å²) in [5, 5.41) is 135. The number of hydrogen-bond acceptors (Lipinski definition) is 31. The van der Waals surface area contributed by atoms with E-state index in [4.69, 9.17) is 89.9 Å².